The Balaban J connectivity index is 0.000000232. The van der Waals surface area contributed by atoms with Gasteiger partial charge in [0.1, 0.15) is 28.9 Å². The average molecular weight is 902 g/mol. The molecule has 19 nitrogen and oxygen atoms in total. The van der Waals surface area contributed by atoms with Crippen molar-refractivity contribution in [3.8, 4) is 28.2 Å². The number of hydrogen-bond donors (Lipinski definition) is 8. The third-order valence-corrected chi connectivity index (χ3v) is 9.79. The molecule has 1 aliphatic carbocycles. The lowest BCUT2D eigenvalue weighted by atomic mass is 9.93. The van der Waals surface area contributed by atoms with E-state index in [4.69, 9.17) is 37.1 Å². The van der Waals surface area contributed by atoms with Crippen LogP contribution in [-0.4, -0.2) is 71.7 Å². The molecule has 9 N–H and O–H groups in total. The number of aromatic nitrogens is 4. The second-order valence-electron chi connectivity index (χ2n) is 14.0. The number of ketones is 1. The van der Waals surface area contributed by atoms with E-state index in [0.717, 1.165) is 34.2 Å². The van der Waals surface area contributed by atoms with Gasteiger partial charge in [0.15, 0.2) is 21.7 Å². The number of phenols is 1. The van der Waals surface area contributed by atoms with Crippen LogP contribution < -0.4 is 38.0 Å². The van der Waals surface area contributed by atoms with Crippen molar-refractivity contribution in [2.75, 3.05) is 22.9 Å². The third kappa shape index (κ3) is 13.1. The number of carboxylic acids is 1. The normalized spacial score (nSPS) is 10.9. The van der Waals surface area contributed by atoms with Crippen molar-refractivity contribution >= 4 is 80.6 Å². The molecule has 1 aliphatic heterocycles. The number of aromatic amines is 1. The molecule has 5 aromatic rings. The summed E-state index contributed by atoms with van der Waals surface area (Å²) in [7, 11) is 0. The number of nitrogens with one attached hydrogen (secondary N) is 5. The number of nitrogens with zero attached hydrogens (tertiary/aromatic N) is 3. The number of Topliss-reactive ketones (excluding diaryl/α,β-unsaturated/α-hetero) is 1. The first-order chi connectivity index (χ1) is 31.2. The summed E-state index contributed by atoms with van der Waals surface area (Å²) in [5.74, 6) is -0.758. The molecule has 0 radical (unpaired) electrons. The van der Waals surface area contributed by atoms with E-state index in [9.17, 15) is 29.1 Å². The SMILES string of the molecule is CCC(=O)CCCNC(=S)Nc1ccc(-c2c3ccc(=O)cc-3oc3cc(O)ccc23)cc1.CCC(NC(=O)c1ccc(NCc2cnc3nc(N)[nH]c(=O)c3n2)cc1)C(=O)O.O=C=O. The van der Waals surface area contributed by atoms with Crippen molar-refractivity contribution in [2.45, 2.75) is 52.1 Å². The van der Waals surface area contributed by atoms with Gasteiger partial charge in [-0.05, 0) is 91.3 Å². The van der Waals surface area contributed by atoms with E-state index >= 15 is 0 Å². The lowest BCUT2D eigenvalue weighted by Crippen LogP contribution is -2.40. The Morgan fingerprint density at radius 3 is 2.32 bits per heavy atom. The molecule has 7 rings (SSSR count). The topological polar surface area (TPSA) is 302 Å². The van der Waals surface area contributed by atoms with E-state index in [1.54, 1.807) is 49.4 Å². The van der Waals surface area contributed by atoms with Gasteiger partial charge in [-0.15, -0.1) is 0 Å². The Kier molecular flexibility index (Phi) is 16.6. The fourth-order valence-corrected chi connectivity index (χ4v) is 6.52. The first-order valence-corrected chi connectivity index (χ1v) is 20.4. The Labute approximate surface area is 374 Å². The number of anilines is 3. The van der Waals surface area contributed by atoms with Crippen LogP contribution in [0.15, 0.2) is 105 Å². The maximum atomic E-state index is 12.1. The molecule has 1 amide bonds. The van der Waals surface area contributed by atoms with E-state index in [1.807, 2.05) is 37.3 Å². The lowest BCUT2D eigenvalue weighted by molar-refractivity contribution is -0.191. The van der Waals surface area contributed by atoms with E-state index in [2.05, 4.69) is 41.2 Å². The molecule has 334 valence electrons. The molecule has 2 aromatic heterocycles. The van der Waals surface area contributed by atoms with Crippen molar-refractivity contribution in [1.29, 1.82) is 0 Å². The zero-order chi connectivity index (χ0) is 47.0. The first kappa shape index (κ1) is 47.7. The first-order valence-electron chi connectivity index (χ1n) is 20.0. The Bertz CT molecular complexity index is 2950. The smallest absolute Gasteiger partial charge is 0.373 e. The minimum atomic E-state index is -1.08. The largest absolute Gasteiger partial charge is 0.508 e. The highest BCUT2D eigenvalue weighted by Crippen LogP contribution is 2.40. The van der Waals surface area contributed by atoms with Gasteiger partial charge in [0, 0.05) is 65.0 Å². The summed E-state index contributed by atoms with van der Waals surface area (Å²) in [5.41, 5.74) is 10.7. The fourth-order valence-electron chi connectivity index (χ4n) is 6.30. The predicted molar refractivity (Wildman–Crippen MR) is 245 cm³/mol. The maximum absolute atomic E-state index is 12.1. The number of aromatic hydroxyl groups is 1. The van der Waals surface area contributed by atoms with Gasteiger partial charge in [0.2, 0.25) is 5.95 Å². The number of hydrogen-bond acceptors (Lipinski definition) is 15. The van der Waals surface area contributed by atoms with Gasteiger partial charge in [-0.3, -0.25) is 24.2 Å². The summed E-state index contributed by atoms with van der Waals surface area (Å²) in [6.07, 6.45) is 3.89. The van der Waals surface area contributed by atoms with Crippen molar-refractivity contribution < 1.29 is 38.6 Å². The molecule has 0 fully saturated rings. The summed E-state index contributed by atoms with van der Waals surface area (Å²) in [6, 6.07) is 23.1. The minimum Gasteiger partial charge on any atom is -0.508 e. The molecule has 65 heavy (non-hydrogen) atoms. The van der Waals surface area contributed by atoms with Crippen LogP contribution >= 0.6 is 12.2 Å². The number of amides is 1. The van der Waals surface area contributed by atoms with E-state index in [1.165, 1.54) is 18.3 Å². The second kappa shape index (κ2) is 22.7. The van der Waals surface area contributed by atoms with Crippen LogP contribution in [0.3, 0.4) is 0 Å². The fraction of sp³-hybridized carbons (Fsp3) is 0.200. The number of nitrogens with two attached hydrogens (primary N) is 1. The molecule has 0 spiro atoms. The number of aliphatic carboxylic acids is 1. The molecule has 3 heterocycles. The lowest BCUT2D eigenvalue weighted by Gasteiger charge is -2.16. The van der Waals surface area contributed by atoms with Crippen LogP contribution in [0.2, 0.25) is 0 Å². The van der Waals surface area contributed by atoms with Crippen LogP contribution in [-0.2, 0) is 25.7 Å². The summed E-state index contributed by atoms with van der Waals surface area (Å²) in [6.45, 7) is 4.47. The molecule has 0 saturated heterocycles. The van der Waals surface area contributed by atoms with E-state index in [0.29, 0.717) is 59.2 Å². The molecule has 0 saturated carbocycles. The van der Waals surface area contributed by atoms with Gasteiger partial charge < -0.3 is 41.6 Å². The van der Waals surface area contributed by atoms with Crippen LogP contribution in [0.4, 0.5) is 17.3 Å². The molecule has 3 aromatic carbocycles. The van der Waals surface area contributed by atoms with E-state index in [-0.39, 0.29) is 46.8 Å². The van der Waals surface area contributed by atoms with Crippen molar-refractivity contribution in [3.63, 3.8) is 0 Å². The number of carbonyl (C=O) groups excluding carboxylic acids is 4. The summed E-state index contributed by atoms with van der Waals surface area (Å²) < 4.78 is 5.90. The summed E-state index contributed by atoms with van der Waals surface area (Å²) in [5, 5.41) is 32.1. The zero-order valence-corrected chi connectivity index (χ0v) is 35.8. The molecule has 20 heteroatoms. The third-order valence-electron chi connectivity index (χ3n) is 9.54. The standard InChI is InChI=1S/C26H24N2O4S.C18H19N7O4.CO2/c1-2-18(29)4-3-13-27-26(33)28-17-7-5-16(6-8-17)25-21-11-9-19(30)14-23(21)32-24-15-20(31)10-12-22(24)25;1-2-12(17(28)29)23-15(26)9-3-5-10(6-4-9)20-7-11-8-21-14-13(22-11)16(27)25-18(19)24-14;2-1-3/h5-12,14-15,30H,2-4,13H2,1H3,(H2,27,28,33);3-6,8,12,20H,2,7H2,1H3,(H,23,26)(H,28,29)(H3,19,21,24,25,27);. The summed E-state index contributed by atoms with van der Waals surface area (Å²) in [4.78, 5) is 89.2. The van der Waals surface area contributed by atoms with Gasteiger partial charge in [-0.2, -0.15) is 14.6 Å². The van der Waals surface area contributed by atoms with E-state index < -0.39 is 23.5 Å². The number of nitrogen functional groups attached to an aromatic ring is 1. The van der Waals surface area contributed by atoms with Gasteiger partial charge >= 0.3 is 12.1 Å². The number of H-pyrrole nitrogens is 1. The Hall–Kier alpha value is -8.35. The quantitative estimate of drug-likeness (QED) is 0.0393. The molecule has 2 aliphatic rings. The zero-order valence-electron chi connectivity index (χ0n) is 35.0. The second-order valence-corrected chi connectivity index (χ2v) is 14.4. The number of carboxylic acid groups (broad SMARTS) is 1. The van der Waals surface area contributed by atoms with Crippen molar-refractivity contribution in [3.05, 3.63) is 123 Å². The average Bonchev–Trinajstić information content (AvgIpc) is 3.28. The monoisotopic (exact) mass is 901 g/mol. The van der Waals surface area contributed by atoms with Crippen LogP contribution in [0.25, 0.3) is 44.6 Å². The van der Waals surface area contributed by atoms with Crippen molar-refractivity contribution in [2.24, 2.45) is 0 Å². The van der Waals surface area contributed by atoms with Crippen LogP contribution in [0.5, 0.6) is 5.75 Å². The minimum absolute atomic E-state index is 0.0274. The molecule has 0 bridgehead atoms. The van der Waals surface area contributed by atoms with Gasteiger partial charge in [0.25, 0.3) is 11.5 Å². The molecular formula is C45H43N9O10S. The molecule has 1 unspecified atom stereocenters. The highest BCUT2D eigenvalue weighted by molar-refractivity contribution is 7.80. The van der Waals surface area contributed by atoms with Gasteiger partial charge in [0.05, 0.1) is 18.4 Å². The Morgan fingerprint density at radius 2 is 1.65 bits per heavy atom. The highest BCUT2D eigenvalue weighted by atomic mass is 32.1. The van der Waals surface area contributed by atoms with Crippen LogP contribution in [0.1, 0.15) is 55.6 Å². The van der Waals surface area contributed by atoms with Crippen molar-refractivity contribution in [1.82, 2.24) is 30.6 Å². The number of fused-ring (bicyclic) bond motifs is 3. The van der Waals surface area contributed by atoms with Gasteiger partial charge in [-0.25, -0.2) is 14.8 Å². The summed E-state index contributed by atoms with van der Waals surface area (Å²) >= 11 is 5.35. The predicted octanol–water partition coefficient (Wildman–Crippen LogP) is 5.23. The highest BCUT2D eigenvalue weighted by Gasteiger charge is 2.19. The van der Waals surface area contributed by atoms with Gasteiger partial charge in [-0.1, -0.05) is 26.0 Å². The number of carbonyl (C=O) groups is 3. The number of thiocarbonyl (C=S) groups is 1. The molecular weight excluding hydrogens is 859 g/mol. The Morgan fingerprint density at radius 1 is 0.938 bits per heavy atom. The maximum Gasteiger partial charge on any atom is 0.373 e. The number of benzene rings is 4. The molecule has 1 atom stereocenters. The number of rotatable bonds is 14. The van der Waals surface area contributed by atoms with Crippen LogP contribution in [0, 0.1) is 0 Å². The number of phenolic OH excluding ortho intramolecular Hbond substituents is 1.